The van der Waals surface area contributed by atoms with E-state index in [-0.39, 0.29) is 32.2 Å². The second-order valence-electron chi connectivity index (χ2n) is 9.55. The molecule has 2 aliphatic heterocycles. The lowest BCUT2D eigenvalue weighted by Gasteiger charge is -2.31. The van der Waals surface area contributed by atoms with Crippen molar-refractivity contribution >= 4 is 28.7 Å². The topological polar surface area (TPSA) is 121 Å². The molecule has 1 saturated heterocycles. The average molecular weight is 533 g/mol. The van der Waals surface area contributed by atoms with Crippen molar-refractivity contribution in [3.05, 3.63) is 95.7 Å². The van der Waals surface area contributed by atoms with Crippen molar-refractivity contribution < 1.29 is 24.2 Å². The maximum Gasteiger partial charge on any atom is 0.322 e. The Morgan fingerprint density at radius 2 is 1.80 bits per heavy atom. The van der Waals surface area contributed by atoms with E-state index in [2.05, 4.69) is 27.5 Å². The molecular weight excluding hydrogens is 508 g/mol. The van der Waals surface area contributed by atoms with Gasteiger partial charge in [-0.3, -0.25) is 19.9 Å². The number of hydrogen-bond acceptors (Lipinski definition) is 6. The lowest BCUT2D eigenvalue weighted by atomic mass is 9.87. The van der Waals surface area contributed by atoms with Crippen molar-refractivity contribution in [2.45, 2.75) is 12.1 Å². The van der Waals surface area contributed by atoms with Crippen LogP contribution in [0.5, 0.6) is 5.75 Å². The number of benzene rings is 3. The molecule has 1 atom stereocenters. The SMILES string of the molecule is O=C1NC(=O)[C@](CN2Cc3ccc(OCC#CCO)cc3C2=O)(c2ccc(-c3cccc4cccnc34)cc2)N1. The number of carbonyl (C=O) groups excluding carboxylic acids is 3. The minimum Gasteiger partial charge on any atom is -0.481 e. The Bertz CT molecular complexity index is 1720. The van der Waals surface area contributed by atoms with Crippen LogP contribution in [0, 0.1) is 11.8 Å². The zero-order chi connectivity index (χ0) is 27.7. The highest BCUT2D eigenvalue weighted by molar-refractivity contribution is 6.08. The van der Waals surface area contributed by atoms with Crippen LogP contribution in [0.25, 0.3) is 22.0 Å². The monoisotopic (exact) mass is 532 g/mol. The number of nitrogens with zero attached hydrogens (tertiary/aromatic N) is 2. The number of aliphatic hydroxyl groups excluding tert-OH is 1. The molecule has 3 heterocycles. The number of nitrogens with one attached hydrogen (secondary N) is 2. The van der Waals surface area contributed by atoms with Crippen LogP contribution in [-0.2, 0) is 16.9 Å². The minimum atomic E-state index is -1.45. The zero-order valence-electron chi connectivity index (χ0n) is 21.3. The number of rotatable bonds is 6. The molecule has 0 radical (unpaired) electrons. The summed E-state index contributed by atoms with van der Waals surface area (Å²) in [4.78, 5) is 45.1. The van der Waals surface area contributed by atoms with Gasteiger partial charge in [-0.2, -0.15) is 0 Å². The second kappa shape index (κ2) is 10.2. The van der Waals surface area contributed by atoms with E-state index in [9.17, 15) is 14.4 Å². The first-order valence-electron chi connectivity index (χ1n) is 12.7. The molecule has 9 nitrogen and oxygen atoms in total. The summed E-state index contributed by atoms with van der Waals surface area (Å²) in [5.41, 5.74) is 3.08. The van der Waals surface area contributed by atoms with Gasteiger partial charge >= 0.3 is 6.03 Å². The molecule has 0 unspecified atom stereocenters. The largest absolute Gasteiger partial charge is 0.481 e. The number of para-hydroxylation sites is 1. The van der Waals surface area contributed by atoms with Crippen LogP contribution in [0.1, 0.15) is 21.5 Å². The first-order chi connectivity index (χ1) is 19.5. The third-order valence-electron chi connectivity index (χ3n) is 7.17. The number of aromatic nitrogens is 1. The van der Waals surface area contributed by atoms with Gasteiger partial charge in [-0.25, -0.2) is 4.79 Å². The summed E-state index contributed by atoms with van der Waals surface area (Å²) in [6.45, 7) is 0.0577. The molecule has 4 amide bonds. The number of pyridine rings is 1. The number of amides is 4. The quantitative estimate of drug-likeness (QED) is 0.259. The van der Waals surface area contributed by atoms with Crippen molar-refractivity contribution in [2.24, 2.45) is 0 Å². The molecule has 0 aliphatic carbocycles. The predicted octanol–water partition coefficient (Wildman–Crippen LogP) is 2.97. The van der Waals surface area contributed by atoms with Gasteiger partial charge in [0.25, 0.3) is 11.8 Å². The molecule has 1 fully saturated rings. The number of aliphatic hydroxyl groups is 1. The smallest absolute Gasteiger partial charge is 0.322 e. The molecule has 198 valence electrons. The van der Waals surface area contributed by atoms with Crippen molar-refractivity contribution in [3.8, 4) is 28.7 Å². The fourth-order valence-corrected chi connectivity index (χ4v) is 5.24. The molecule has 2 aliphatic rings. The van der Waals surface area contributed by atoms with E-state index < -0.39 is 17.5 Å². The summed E-state index contributed by atoms with van der Waals surface area (Å²) < 4.78 is 5.56. The third kappa shape index (κ3) is 4.40. The summed E-state index contributed by atoms with van der Waals surface area (Å²) in [6.07, 6.45) is 1.75. The van der Waals surface area contributed by atoms with Gasteiger partial charge in [0.1, 0.15) is 19.0 Å². The first kappa shape index (κ1) is 25.1. The van der Waals surface area contributed by atoms with E-state index in [0.29, 0.717) is 16.9 Å². The molecule has 3 N–H and O–H groups in total. The van der Waals surface area contributed by atoms with Crippen LogP contribution < -0.4 is 15.4 Å². The van der Waals surface area contributed by atoms with Crippen LogP contribution in [0.3, 0.4) is 0 Å². The van der Waals surface area contributed by atoms with Crippen LogP contribution in [0.2, 0.25) is 0 Å². The number of urea groups is 1. The summed E-state index contributed by atoms with van der Waals surface area (Å²) in [5, 5.41) is 14.9. The molecule has 0 saturated carbocycles. The molecule has 3 aromatic carbocycles. The van der Waals surface area contributed by atoms with Crippen LogP contribution in [-0.4, -0.2) is 52.6 Å². The summed E-state index contributed by atoms with van der Waals surface area (Å²) in [6, 6.07) is 21.8. The maximum absolute atomic E-state index is 13.4. The minimum absolute atomic E-state index is 0.0502. The highest BCUT2D eigenvalue weighted by atomic mass is 16.5. The lowest BCUT2D eigenvalue weighted by Crippen LogP contribution is -2.52. The summed E-state index contributed by atoms with van der Waals surface area (Å²) in [7, 11) is 0. The number of carbonyl (C=O) groups is 3. The first-order valence-corrected chi connectivity index (χ1v) is 12.7. The van der Waals surface area contributed by atoms with E-state index in [1.807, 2.05) is 42.5 Å². The molecule has 4 aromatic rings. The Balaban J connectivity index is 1.28. The average Bonchev–Trinajstić information content (AvgIpc) is 3.44. The second-order valence-corrected chi connectivity index (χ2v) is 9.55. The molecule has 0 spiro atoms. The highest BCUT2D eigenvalue weighted by Gasteiger charge is 2.50. The van der Waals surface area contributed by atoms with Crippen LogP contribution in [0.4, 0.5) is 4.79 Å². The van der Waals surface area contributed by atoms with E-state index in [0.717, 1.165) is 27.6 Å². The van der Waals surface area contributed by atoms with Crippen molar-refractivity contribution in [3.63, 3.8) is 0 Å². The molecule has 6 rings (SSSR count). The Morgan fingerprint density at radius 1 is 0.975 bits per heavy atom. The van der Waals surface area contributed by atoms with Crippen molar-refractivity contribution in [2.75, 3.05) is 19.8 Å². The van der Waals surface area contributed by atoms with Gasteiger partial charge in [-0.05, 0) is 34.9 Å². The molecule has 40 heavy (non-hydrogen) atoms. The maximum atomic E-state index is 13.4. The molecule has 0 bridgehead atoms. The zero-order valence-corrected chi connectivity index (χ0v) is 21.3. The number of hydrogen-bond donors (Lipinski definition) is 3. The van der Waals surface area contributed by atoms with Crippen LogP contribution in [0.15, 0.2) is 79.0 Å². The fraction of sp³-hybridized carbons (Fsp3) is 0.161. The van der Waals surface area contributed by atoms with Gasteiger partial charge in [0.15, 0.2) is 5.54 Å². The summed E-state index contributed by atoms with van der Waals surface area (Å²) in [5.74, 6) is 4.86. The number of ether oxygens (including phenoxy) is 1. The fourth-order valence-electron chi connectivity index (χ4n) is 5.24. The highest BCUT2D eigenvalue weighted by Crippen LogP contribution is 2.34. The van der Waals surface area contributed by atoms with Crippen molar-refractivity contribution in [1.29, 1.82) is 0 Å². The van der Waals surface area contributed by atoms with E-state index in [1.54, 1.807) is 41.4 Å². The van der Waals surface area contributed by atoms with Crippen molar-refractivity contribution in [1.82, 2.24) is 20.5 Å². The molecule has 1 aromatic heterocycles. The van der Waals surface area contributed by atoms with Gasteiger partial charge in [0.2, 0.25) is 0 Å². The van der Waals surface area contributed by atoms with Gasteiger partial charge < -0.3 is 20.1 Å². The van der Waals surface area contributed by atoms with E-state index in [4.69, 9.17) is 9.84 Å². The van der Waals surface area contributed by atoms with Gasteiger partial charge in [0.05, 0.1) is 12.1 Å². The standard InChI is InChI=1S/C31H24N4O5/c36-15-1-2-16-40-24-13-10-22-18-35(28(37)26(22)17-24)19-31(29(38)33-30(39)34-31)23-11-8-20(9-12-23)25-7-3-5-21-6-4-14-32-27(21)25/h3-14,17,36H,15-16,18-19H2,(H2,33,34,38,39)/t31-/m0/s1. The van der Waals surface area contributed by atoms with E-state index >= 15 is 0 Å². The summed E-state index contributed by atoms with van der Waals surface area (Å²) >= 11 is 0. The third-order valence-corrected chi connectivity index (χ3v) is 7.17. The predicted molar refractivity (Wildman–Crippen MR) is 147 cm³/mol. The lowest BCUT2D eigenvalue weighted by molar-refractivity contribution is -0.124. The van der Waals surface area contributed by atoms with Crippen LogP contribution >= 0.6 is 0 Å². The van der Waals surface area contributed by atoms with Gasteiger partial charge in [0, 0.05) is 29.3 Å². The van der Waals surface area contributed by atoms with E-state index in [1.165, 1.54) is 0 Å². The van der Waals surface area contributed by atoms with Gasteiger partial charge in [-0.15, -0.1) is 0 Å². The number of fused-ring (bicyclic) bond motifs is 2. The Labute approximate surface area is 229 Å². The molecule has 9 heteroatoms. The molecular formula is C31H24N4O5. The number of imide groups is 1. The van der Waals surface area contributed by atoms with Gasteiger partial charge in [-0.1, -0.05) is 66.4 Å². The Morgan fingerprint density at radius 3 is 2.58 bits per heavy atom. The Kier molecular flexibility index (Phi) is 6.38. The Hall–Kier alpha value is -5.20. The normalized spacial score (nSPS) is 17.7.